The van der Waals surface area contributed by atoms with Gasteiger partial charge in [0.05, 0.1) is 5.69 Å². The SMILES string of the molecule is CCc1cccc(C)c1-n1c(C)cc(/C=C(/C#N)C(=O)Nc2ccc(Cl)cc2)c1C. The van der Waals surface area contributed by atoms with Gasteiger partial charge in [-0.25, -0.2) is 0 Å². The summed E-state index contributed by atoms with van der Waals surface area (Å²) in [7, 11) is 0. The van der Waals surface area contributed by atoms with E-state index in [4.69, 9.17) is 11.6 Å². The summed E-state index contributed by atoms with van der Waals surface area (Å²) in [5, 5.41) is 12.9. The van der Waals surface area contributed by atoms with Crippen LogP contribution in [-0.4, -0.2) is 10.5 Å². The second-order valence-electron chi connectivity index (χ2n) is 7.23. The van der Waals surface area contributed by atoms with E-state index in [0.717, 1.165) is 23.4 Å². The van der Waals surface area contributed by atoms with Crippen LogP contribution in [0.25, 0.3) is 11.8 Å². The Balaban J connectivity index is 1.99. The van der Waals surface area contributed by atoms with Crippen molar-refractivity contribution in [2.45, 2.75) is 34.1 Å². The molecule has 0 fully saturated rings. The van der Waals surface area contributed by atoms with Crippen molar-refractivity contribution in [2.75, 3.05) is 5.32 Å². The van der Waals surface area contributed by atoms with E-state index < -0.39 is 5.91 Å². The number of carbonyl (C=O) groups excluding carboxylic acids is 1. The van der Waals surface area contributed by atoms with Crippen LogP contribution in [-0.2, 0) is 11.2 Å². The van der Waals surface area contributed by atoms with Gasteiger partial charge in [-0.15, -0.1) is 0 Å². The van der Waals surface area contributed by atoms with E-state index in [1.165, 1.54) is 16.8 Å². The van der Waals surface area contributed by atoms with Crippen LogP contribution in [0.1, 0.15) is 35.0 Å². The Hall–Kier alpha value is -3.29. The molecule has 5 heteroatoms. The van der Waals surface area contributed by atoms with Gasteiger partial charge in [-0.05, 0) is 80.3 Å². The van der Waals surface area contributed by atoms with Crippen LogP contribution in [0.5, 0.6) is 0 Å². The molecule has 1 heterocycles. The zero-order valence-electron chi connectivity index (χ0n) is 17.6. The molecular formula is C25H24ClN3O. The fourth-order valence-electron chi connectivity index (χ4n) is 3.64. The average molecular weight is 418 g/mol. The Labute approximate surface area is 182 Å². The van der Waals surface area contributed by atoms with Crippen LogP contribution < -0.4 is 5.32 Å². The highest BCUT2D eigenvalue weighted by atomic mass is 35.5. The minimum absolute atomic E-state index is 0.0469. The van der Waals surface area contributed by atoms with Crippen LogP contribution in [0, 0.1) is 32.1 Å². The number of anilines is 1. The van der Waals surface area contributed by atoms with Crippen molar-refractivity contribution in [1.82, 2.24) is 4.57 Å². The molecule has 1 N–H and O–H groups in total. The molecule has 1 amide bonds. The first-order chi connectivity index (χ1) is 14.3. The summed E-state index contributed by atoms with van der Waals surface area (Å²) in [4.78, 5) is 12.6. The Morgan fingerprint density at radius 1 is 1.17 bits per heavy atom. The number of halogens is 1. The Kier molecular flexibility index (Phi) is 6.44. The standard InChI is InChI=1S/C25H24ClN3O/c1-5-19-8-6-7-16(2)24(19)29-17(3)13-20(18(29)4)14-21(15-27)25(30)28-23-11-9-22(26)10-12-23/h6-14H,5H2,1-4H3,(H,28,30)/b21-14-. The molecule has 0 atom stereocenters. The minimum atomic E-state index is -0.449. The number of nitrogens with one attached hydrogen (secondary N) is 1. The third-order valence-electron chi connectivity index (χ3n) is 5.16. The number of carbonyl (C=O) groups is 1. The third kappa shape index (κ3) is 4.32. The maximum atomic E-state index is 12.6. The highest BCUT2D eigenvalue weighted by Crippen LogP contribution is 2.28. The molecule has 0 aliphatic heterocycles. The first kappa shape index (κ1) is 21.4. The fourth-order valence-corrected chi connectivity index (χ4v) is 3.76. The molecule has 0 radical (unpaired) electrons. The predicted molar refractivity (Wildman–Crippen MR) is 123 cm³/mol. The van der Waals surface area contributed by atoms with Crippen LogP contribution in [0.15, 0.2) is 54.1 Å². The van der Waals surface area contributed by atoms with Crippen molar-refractivity contribution in [3.05, 3.63) is 87.2 Å². The van der Waals surface area contributed by atoms with Crippen molar-refractivity contribution in [2.24, 2.45) is 0 Å². The van der Waals surface area contributed by atoms with Crippen molar-refractivity contribution in [3.8, 4) is 11.8 Å². The number of aromatic nitrogens is 1. The van der Waals surface area contributed by atoms with E-state index >= 15 is 0 Å². The lowest BCUT2D eigenvalue weighted by atomic mass is 10.1. The average Bonchev–Trinajstić information content (AvgIpc) is 3.00. The molecule has 0 unspecified atom stereocenters. The number of nitrogens with zero attached hydrogens (tertiary/aromatic N) is 2. The van der Waals surface area contributed by atoms with Gasteiger partial charge in [0.1, 0.15) is 11.6 Å². The number of benzene rings is 2. The number of hydrogen-bond acceptors (Lipinski definition) is 2. The summed E-state index contributed by atoms with van der Waals surface area (Å²) in [6.07, 6.45) is 2.57. The molecule has 1 aromatic heterocycles. The van der Waals surface area contributed by atoms with Crippen molar-refractivity contribution in [1.29, 1.82) is 5.26 Å². The van der Waals surface area contributed by atoms with E-state index in [1.807, 2.05) is 26.0 Å². The van der Waals surface area contributed by atoms with Crippen molar-refractivity contribution >= 4 is 29.3 Å². The Bertz CT molecular complexity index is 1160. The molecular weight excluding hydrogens is 394 g/mol. The van der Waals surface area contributed by atoms with E-state index in [0.29, 0.717) is 10.7 Å². The van der Waals surface area contributed by atoms with Gasteiger partial charge < -0.3 is 9.88 Å². The summed E-state index contributed by atoms with van der Waals surface area (Å²) in [6.45, 7) is 8.29. The molecule has 0 aliphatic carbocycles. The molecule has 0 saturated heterocycles. The highest BCUT2D eigenvalue weighted by molar-refractivity contribution is 6.30. The molecule has 0 spiro atoms. The normalized spacial score (nSPS) is 11.3. The van der Waals surface area contributed by atoms with Crippen LogP contribution in [0.2, 0.25) is 5.02 Å². The quantitative estimate of drug-likeness (QED) is 0.399. The monoisotopic (exact) mass is 417 g/mol. The lowest BCUT2D eigenvalue weighted by Crippen LogP contribution is -2.13. The molecule has 152 valence electrons. The van der Waals surface area contributed by atoms with Crippen molar-refractivity contribution in [3.63, 3.8) is 0 Å². The molecule has 0 bridgehead atoms. The lowest BCUT2D eigenvalue weighted by molar-refractivity contribution is -0.112. The first-order valence-electron chi connectivity index (χ1n) is 9.82. The second kappa shape index (κ2) is 9.02. The molecule has 0 aliphatic rings. The van der Waals surface area contributed by atoms with E-state index in [2.05, 4.69) is 41.9 Å². The van der Waals surface area contributed by atoms with E-state index in [1.54, 1.807) is 30.3 Å². The Morgan fingerprint density at radius 2 is 1.87 bits per heavy atom. The maximum Gasteiger partial charge on any atom is 0.266 e. The summed E-state index contributed by atoms with van der Waals surface area (Å²) in [5.74, 6) is -0.449. The van der Waals surface area contributed by atoms with Crippen molar-refractivity contribution < 1.29 is 4.79 Å². The molecule has 30 heavy (non-hydrogen) atoms. The van der Waals surface area contributed by atoms with Gasteiger partial charge in [-0.1, -0.05) is 36.7 Å². The molecule has 3 rings (SSSR count). The largest absolute Gasteiger partial charge is 0.321 e. The molecule has 2 aromatic carbocycles. The lowest BCUT2D eigenvalue weighted by Gasteiger charge is -2.17. The summed E-state index contributed by atoms with van der Waals surface area (Å²) >= 11 is 5.88. The van der Waals surface area contributed by atoms with Gasteiger partial charge in [0.2, 0.25) is 0 Å². The Morgan fingerprint density at radius 3 is 2.50 bits per heavy atom. The fraction of sp³-hybridized carbons (Fsp3) is 0.200. The molecule has 4 nitrogen and oxygen atoms in total. The minimum Gasteiger partial charge on any atom is -0.321 e. The highest BCUT2D eigenvalue weighted by Gasteiger charge is 2.16. The van der Waals surface area contributed by atoms with Gasteiger partial charge in [0.25, 0.3) is 5.91 Å². The topological polar surface area (TPSA) is 57.8 Å². The van der Waals surface area contributed by atoms with Gasteiger partial charge >= 0.3 is 0 Å². The van der Waals surface area contributed by atoms with Crippen LogP contribution in [0.3, 0.4) is 0 Å². The number of aryl methyl sites for hydroxylation is 3. The molecule has 0 saturated carbocycles. The van der Waals surface area contributed by atoms with Gasteiger partial charge in [-0.2, -0.15) is 5.26 Å². The number of nitriles is 1. The maximum absolute atomic E-state index is 12.6. The van der Waals surface area contributed by atoms with Gasteiger partial charge in [-0.3, -0.25) is 4.79 Å². The number of hydrogen-bond donors (Lipinski definition) is 1. The molecule has 3 aromatic rings. The zero-order chi connectivity index (χ0) is 21.8. The third-order valence-corrected chi connectivity index (χ3v) is 5.42. The smallest absolute Gasteiger partial charge is 0.266 e. The number of amides is 1. The van der Waals surface area contributed by atoms with Crippen LogP contribution >= 0.6 is 11.6 Å². The second-order valence-corrected chi connectivity index (χ2v) is 7.67. The summed E-state index contributed by atoms with van der Waals surface area (Å²) in [5.41, 5.74) is 7.14. The van der Waals surface area contributed by atoms with E-state index in [-0.39, 0.29) is 5.57 Å². The summed E-state index contributed by atoms with van der Waals surface area (Å²) < 4.78 is 2.20. The van der Waals surface area contributed by atoms with Gasteiger partial charge in [0, 0.05) is 22.1 Å². The van der Waals surface area contributed by atoms with Crippen LogP contribution in [0.4, 0.5) is 5.69 Å². The first-order valence-corrected chi connectivity index (χ1v) is 10.2. The van der Waals surface area contributed by atoms with Gasteiger partial charge in [0.15, 0.2) is 0 Å². The van der Waals surface area contributed by atoms with E-state index in [9.17, 15) is 10.1 Å². The number of rotatable bonds is 5. The summed E-state index contributed by atoms with van der Waals surface area (Å²) in [6, 6.07) is 17.1. The zero-order valence-corrected chi connectivity index (χ0v) is 18.3. The number of para-hydroxylation sites is 1. The predicted octanol–water partition coefficient (Wildman–Crippen LogP) is 6.16.